The van der Waals surface area contributed by atoms with Gasteiger partial charge in [-0.15, -0.1) is 0 Å². The Hall–Kier alpha value is -2.11. The van der Waals surface area contributed by atoms with Crippen LogP contribution in [0.5, 0.6) is 0 Å². The highest BCUT2D eigenvalue weighted by Crippen LogP contribution is 1.96. The molecule has 0 fully saturated rings. The fraction of sp³-hybridized carbons (Fsp3) is 0.222. The summed E-state index contributed by atoms with van der Waals surface area (Å²) in [6, 6.07) is 9.56. The zero-order chi connectivity index (χ0) is 11.1. The van der Waals surface area contributed by atoms with Crippen LogP contribution in [0.15, 0.2) is 35.3 Å². The van der Waals surface area contributed by atoms with E-state index in [4.69, 9.17) is 0 Å². The number of hydrazine groups is 1. The molecule has 0 spiro atoms. The Morgan fingerprint density at radius 2 is 2.13 bits per heavy atom. The highest BCUT2D eigenvalue weighted by Gasteiger charge is 2.02. The summed E-state index contributed by atoms with van der Waals surface area (Å²) in [6.07, 6.45) is 0. The number of nitrogens with one attached hydrogen (secondary N) is 2. The number of nitro groups is 1. The highest BCUT2D eigenvalue weighted by molar-refractivity contribution is 5.78. The third kappa shape index (κ3) is 4.08. The lowest BCUT2D eigenvalue weighted by molar-refractivity contribution is -0.525. The van der Waals surface area contributed by atoms with Crippen LogP contribution in [0.25, 0.3) is 0 Å². The molecule has 1 aromatic rings. The van der Waals surface area contributed by atoms with Crippen molar-refractivity contribution in [1.29, 1.82) is 0 Å². The van der Waals surface area contributed by atoms with Crippen molar-refractivity contribution < 1.29 is 5.03 Å². The molecular weight excluding hydrogens is 196 g/mol. The molecule has 0 aromatic heterocycles. The third-order valence-corrected chi connectivity index (χ3v) is 1.72. The molecule has 6 heteroatoms. The van der Waals surface area contributed by atoms with E-state index in [0.717, 1.165) is 5.56 Å². The maximum Gasteiger partial charge on any atom is 0.254 e. The molecule has 0 aliphatic rings. The molecule has 0 heterocycles. The average molecular weight is 208 g/mol. The molecule has 6 nitrogen and oxygen atoms in total. The first kappa shape index (κ1) is 11.0. The van der Waals surface area contributed by atoms with Crippen LogP contribution in [0, 0.1) is 10.1 Å². The van der Waals surface area contributed by atoms with E-state index in [1.165, 1.54) is 7.05 Å². The molecule has 0 atom stereocenters. The second kappa shape index (κ2) is 5.58. The maximum atomic E-state index is 10.2. The fourth-order valence-corrected chi connectivity index (χ4v) is 1.04. The predicted molar refractivity (Wildman–Crippen MR) is 56.8 cm³/mol. The highest BCUT2D eigenvalue weighted by atomic mass is 16.7. The van der Waals surface area contributed by atoms with Gasteiger partial charge in [-0.2, -0.15) is 0 Å². The number of guanidine groups is 1. The summed E-state index contributed by atoms with van der Waals surface area (Å²) in [5.74, 6) is 0.142. The molecule has 0 unspecified atom stereocenters. The summed E-state index contributed by atoms with van der Waals surface area (Å²) < 4.78 is 0. The molecule has 15 heavy (non-hydrogen) atoms. The second-order valence-electron chi connectivity index (χ2n) is 2.78. The Balaban J connectivity index is 2.45. The normalized spacial score (nSPS) is 10.9. The van der Waals surface area contributed by atoms with Gasteiger partial charge in [-0.1, -0.05) is 35.8 Å². The SMILES string of the molecule is CN=C(NCc1ccccc1)N[N+](=O)[O-]. The molecule has 80 valence electrons. The Labute approximate surface area is 87.1 Å². The van der Waals surface area contributed by atoms with Gasteiger partial charge in [-0.25, -0.2) is 10.1 Å². The van der Waals surface area contributed by atoms with Crippen molar-refractivity contribution in [1.82, 2.24) is 10.7 Å². The minimum Gasteiger partial charge on any atom is -0.348 e. The Kier molecular flexibility index (Phi) is 4.08. The van der Waals surface area contributed by atoms with E-state index in [2.05, 4.69) is 10.3 Å². The topological polar surface area (TPSA) is 79.6 Å². The van der Waals surface area contributed by atoms with Gasteiger partial charge in [0.25, 0.3) is 5.96 Å². The first-order valence-electron chi connectivity index (χ1n) is 4.38. The van der Waals surface area contributed by atoms with Gasteiger partial charge < -0.3 is 5.32 Å². The van der Waals surface area contributed by atoms with Gasteiger partial charge >= 0.3 is 0 Å². The van der Waals surface area contributed by atoms with E-state index in [-0.39, 0.29) is 5.96 Å². The standard InChI is InChI=1S/C9H12N4O2/c1-10-9(12-13(14)15)11-7-8-5-3-2-4-6-8/h2-6H,7H2,1H3,(H2,10,11,12). The van der Waals surface area contributed by atoms with Crippen molar-refractivity contribution in [2.75, 3.05) is 7.05 Å². The molecule has 1 aromatic carbocycles. The number of rotatable bonds is 3. The van der Waals surface area contributed by atoms with Gasteiger partial charge in [0.2, 0.25) is 0 Å². The van der Waals surface area contributed by atoms with E-state index in [1.807, 2.05) is 35.8 Å². The van der Waals surface area contributed by atoms with E-state index in [0.29, 0.717) is 6.54 Å². The summed E-state index contributed by atoms with van der Waals surface area (Å²) in [6.45, 7) is 0.494. The molecule has 0 aliphatic carbocycles. The summed E-state index contributed by atoms with van der Waals surface area (Å²) in [5, 5.41) is 12.3. The number of benzene rings is 1. The van der Waals surface area contributed by atoms with Gasteiger partial charge in [0.1, 0.15) is 0 Å². The summed E-state index contributed by atoms with van der Waals surface area (Å²) in [4.78, 5) is 13.8. The smallest absolute Gasteiger partial charge is 0.254 e. The summed E-state index contributed by atoms with van der Waals surface area (Å²) >= 11 is 0. The van der Waals surface area contributed by atoms with E-state index in [1.54, 1.807) is 0 Å². The predicted octanol–water partition coefficient (Wildman–Crippen LogP) is 0.543. The van der Waals surface area contributed by atoms with Crippen molar-refractivity contribution in [2.45, 2.75) is 6.54 Å². The Morgan fingerprint density at radius 1 is 1.47 bits per heavy atom. The minimum atomic E-state index is -0.652. The molecule has 0 amide bonds. The van der Waals surface area contributed by atoms with Gasteiger partial charge in [-0.3, -0.25) is 4.99 Å². The van der Waals surface area contributed by atoms with Crippen molar-refractivity contribution >= 4 is 5.96 Å². The number of hydrogen-bond acceptors (Lipinski definition) is 3. The lowest BCUT2D eigenvalue weighted by Gasteiger charge is -2.05. The van der Waals surface area contributed by atoms with Crippen molar-refractivity contribution in [3.05, 3.63) is 46.0 Å². The van der Waals surface area contributed by atoms with Crippen molar-refractivity contribution in [3.8, 4) is 0 Å². The van der Waals surface area contributed by atoms with Gasteiger partial charge in [-0.05, 0) is 5.56 Å². The van der Waals surface area contributed by atoms with Crippen molar-refractivity contribution in [3.63, 3.8) is 0 Å². The second-order valence-corrected chi connectivity index (χ2v) is 2.78. The average Bonchev–Trinajstić information content (AvgIpc) is 2.25. The number of aliphatic imine (C=N–C) groups is 1. The largest absolute Gasteiger partial charge is 0.348 e. The Bertz CT molecular complexity index is 350. The van der Waals surface area contributed by atoms with Crippen LogP contribution in [0.2, 0.25) is 0 Å². The third-order valence-electron chi connectivity index (χ3n) is 1.72. The molecule has 1 rings (SSSR count). The van der Waals surface area contributed by atoms with Crippen LogP contribution in [0.3, 0.4) is 0 Å². The summed E-state index contributed by atoms with van der Waals surface area (Å²) in [5.41, 5.74) is 2.99. The van der Waals surface area contributed by atoms with Gasteiger partial charge in [0, 0.05) is 13.6 Å². The fourth-order valence-electron chi connectivity index (χ4n) is 1.04. The maximum absolute atomic E-state index is 10.2. The first-order chi connectivity index (χ1) is 7.22. The molecule has 0 bridgehead atoms. The number of hydrogen-bond donors (Lipinski definition) is 2. The molecule has 0 saturated heterocycles. The lowest BCUT2D eigenvalue weighted by Crippen LogP contribution is -2.40. The quantitative estimate of drug-likeness (QED) is 0.329. The van der Waals surface area contributed by atoms with Crippen LogP contribution in [0.4, 0.5) is 0 Å². The van der Waals surface area contributed by atoms with Gasteiger partial charge in [0.05, 0.1) is 0 Å². The molecular formula is C9H12N4O2. The van der Waals surface area contributed by atoms with Crippen molar-refractivity contribution in [2.24, 2.45) is 4.99 Å². The van der Waals surface area contributed by atoms with Crippen LogP contribution >= 0.6 is 0 Å². The molecule has 0 aliphatic heterocycles. The van der Waals surface area contributed by atoms with Crippen LogP contribution in [-0.4, -0.2) is 18.0 Å². The zero-order valence-electron chi connectivity index (χ0n) is 8.30. The number of nitrogens with zero attached hydrogens (tertiary/aromatic N) is 2. The monoisotopic (exact) mass is 208 g/mol. The first-order valence-corrected chi connectivity index (χ1v) is 4.38. The summed E-state index contributed by atoms with van der Waals surface area (Å²) in [7, 11) is 1.48. The minimum absolute atomic E-state index is 0.142. The molecule has 2 N–H and O–H groups in total. The zero-order valence-corrected chi connectivity index (χ0v) is 8.30. The van der Waals surface area contributed by atoms with E-state index < -0.39 is 5.03 Å². The van der Waals surface area contributed by atoms with Crippen LogP contribution < -0.4 is 10.7 Å². The van der Waals surface area contributed by atoms with Gasteiger partial charge in [0.15, 0.2) is 5.03 Å². The molecule has 0 radical (unpaired) electrons. The van der Waals surface area contributed by atoms with E-state index >= 15 is 0 Å². The Morgan fingerprint density at radius 3 is 2.67 bits per heavy atom. The molecule has 0 saturated carbocycles. The van der Waals surface area contributed by atoms with Crippen LogP contribution in [0.1, 0.15) is 5.56 Å². The van der Waals surface area contributed by atoms with Crippen LogP contribution in [-0.2, 0) is 6.54 Å². The van der Waals surface area contributed by atoms with E-state index in [9.17, 15) is 10.1 Å². The lowest BCUT2D eigenvalue weighted by atomic mass is 10.2.